The zero-order valence-electron chi connectivity index (χ0n) is 11.0. The number of rotatable bonds is 2. The van der Waals surface area contributed by atoms with Crippen LogP contribution in [0.4, 0.5) is 8.78 Å². The summed E-state index contributed by atoms with van der Waals surface area (Å²) in [7, 11) is 1.66. The number of hydrogen-bond acceptors (Lipinski definition) is 2. The number of carboxylic acid groups (broad SMARTS) is 1. The predicted molar refractivity (Wildman–Crippen MR) is 73.0 cm³/mol. The third-order valence-electron chi connectivity index (χ3n) is 3.30. The zero-order valence-corrected chi connectivity index (χ0v) is 11.0. The maximum atomic E-state index is 13.9. The topological polar surface area (TPSA) is 55.1 Å². The summed E-state index contributed by atoms with van der Waals surface area (Å²) in [6, 6.07) is 7.56. The maximum Gasteiger partial charge on any atom is 0.335 e. The van der Waals surface area contributed by atoms with E-state index in [4.69, 9.17) is 5.11 Å². The van der Waals surface area contributed by atoms with E-state index in [9.17, 15) is 13.6 Å². The van der Waals surface area contributed by atoms with Crippen molar-refractivity contribution in [2.75, 3.05) is 0 Å². The van der Waals surface area contributed by atoms with Crippen LogP contribution >= 0.6 is 0 Å². The summed E-state index contributed by atoms with van der Waals surface area (Å²) in [5, 5.41) is 8.97. The van der Waals surface area contributed by atoms with E-state index in [0.29, 0.717) is 11.0 Å². The Hall–Kier alpha value is -2.76. The van der Waals surface area contributed by atoms with Crippen LogP contribution in [0.15, 0.2) is 36.4 Å². The van der Waals surface area contributed by atoms with Crippen LogP contribution in [0.3, 0.4) is 0 Å². The lowest BCUT2D eigenvalue weighted by molar-refractivity contribution is 0.0697. The SMILES string of the molecule is Cn1c(-c2cc(F)ccc2F)nc2cc(C(=O)O)ccc21. The molecule has 0 saturated carbocycles. The minimum atomic E-state index is -1.07. The number of nitrogens with zero attached hydrogens (tertiary/aromatic N) is 2. The van der Waals surface area contributed by atoms with Gasteiger partial charge in [0.25, 0.3) is 0 Å². The molecule has 106 valence electrons. The van der Waals surface area contributed by atoms with E-state index in [1.54, 1.807) is 17.7 Å². The van der Waals surface area contributed by atoms with E-state index >= 15 is 0 Å². The highest BCUT2D eigenvalue weighted by Gasteiger charge is 2.15. The van der Waals surface area contributed by atoms with Gasteiger partial charge in [0, 0.05) is 7.05 Å². The molecule has 0 atom stereocenters. The fraction of sp³-hybridized carbons (Fsp3) is 0.0667. The molecular weight excluding hydrogens is 278 g/mol. The standard InChI is InChI=1S/C15H10F2N2O2/c1-19-13-5-2-8(15(20)21)6-12(13)18-14(19)10-7-9(16)3-4-11(10)17/h2-7H,1H3,(H,20,21). The van der Waals surface area contributed by atoms with Gasteiger partial charge in [-0.1, -0.05) is 0 Å². The van der Waals surface area contributed by atoms with E-state index < -0.39 is 17.6 Å². The van der Waals surface area contributed by atoms with Gasteiger partial charge in [-0.2, -0.15) is 0 Å². The number of aromatic nitrogens is 2. The monoisotopic (exact) mass is 288 g/mol. The number of benzene rings is 2. The first-order chi connectivity index (χ1) is 9.97. The molecule has 0 saturated heterocycles. The van der Waals surface area contributed by atoms with E-state index in [1.165, 1.54) is 12.1 Å². The van der Waals surface area contributed by atoms with Gasteiger partial charge in [-0.05, 0) is 36.4 Å². The molecule has 4 nitrogen and oxygen atoms in total. The third-order valence-corrected chi connectivity index (χ3v) is 3.30. The van der Waals surface area contributed by atoms with Crippen molar-refractivity contribution in [3.63, 3.8) is 0 Å². The first-order valence-electron chi connectivity index (χ1n) is 6.12. The van der Waals surface area contributed by atoms with Crippen LogP contribution in [0.1, 0.15) is 10.4 Å². The third kappa shape index (κ3) is 2.14. The summed E-state index contributed by atoms with van der Waals surface area (Å²) < 4.78 is 28.8. The highest BCUT2D eigenvalue weighted by atomic mass is 19.1. The van der Waals surface area contributed by atoms with Crippen LogP contribution in [0.2, 0.25) is 0 Å². The van der Waals surface area contributed by atoms with Crippen LogP contribution < -0.4 is 0 Å². The second kappa shape index (κ2) is 4.66. The average molecular weight is 288 g/mol. The summed E-state index contributed by atoms with van der Waals surface area (Å²) in [4.78, 5) is 15.2. The number of carbonyl (C=O) groups is 1. The Kier molecular flexibility index (Phi) is 2.94. The predicted octanol–water partition coefficient (Wildman–Crippen LogP) is 3.22. The highest BCUT2D eigenvalue weighted by molar-refractivity contribution is 5.93. The van der Waals surface area contributed by atoms with Crippen molar-refractivity contribution in [1.29, 1.82) is 0 Å². The van der Waals surface area contributed by atoms with Gasteiger partial charge >= 0.3 is 5.97 Å². The normalized spacial score (nSPS) is 11.0. The van der Waals surface area contributed by atoms with Gasteiger partial charge in [-0.15, -0.1) is 0 Å². The molecule has 0 aliphatic rings. The number of imidazole rings is 1. The fourth-order valence-corrected chi connectivity index (χ4v) is 2.24. The molecule has 0 radical (unpaired) electrons. The van der Waals surface area contributed by atoms with Crippen LogP contribution in [0.5, 0.6) is 0 Å². The van der Waals surface area contributed by atoms with Gasteiger partial charge in [0.15, 0.2) is 0 Å². The van der Waals surface area contributed by atoms with E-state index in [0.717, 1.165) is 18.2 Å². The second-order valence-corrected chi connectivity index (χ2v) is 4.63. The van der Waals surface area contributed by atoms with Crippen LogP contribution in [0.25, 0.3) is 22.4 Å². The summed E-state index contributed by atoms with van der Waals surface area (Å²) in [6.45, 7) is 0. The molecule has 3 aromatic rings. The van der Waals surface area contributed by atoms with Gasteiger partial charge in [0.05, 0.1) is 22.2 Å². The molecule has 1 heterocycles. The van der Waals surface area contributed by atoms with E-state index in [1.807, 2.05) is 0 Å². The molecule has 0 aliphatic heterocycles. The minimum absolute atomic E-state index is 0.0329. The lowest BCUT2D eigenvalue weighted by atomic mass is 10.2. The first-order valence-corrected chi connectivity index (χ1v) is 6.12. The lowest BCUT2D eigenvalue weighted by Crippen LogP contribution is -1.96. The van der Waals surface area contributed by atoms with Crippen molar-refractivity contribution in [3.8, 4) is 11.4 Å². The molecule has 0 aliphatic carbocycles. The molecule has 6 heteroatoms. The van der Waals surface area contributed by atoms with Crippen molar-refractivity contribution in [3.05, 3.63) is 53.6 Å². The van der Waals surface area contributed by atoms with Crippen molar-refractivity contribution < 1.29 is 18.7 Å². The fourth-order valence-electron chi connectivity index (χ4n) is 2.24. The smallest absolute Gasteiger partial charge is 0.335 e. The Morgan fingerprint density at radius 2 is 1.95 bits per heavy atom. The Morgan fingerprint density at radius 1 is 1.19 bits per heavy atom. The summed E-state index contributed by atoms with van der Waals surface area (Å²) >= 11 is 0. The molecule has 3 rings (SSSR count). The Bertz CT molecular complexity index is 871. The van der Waals surface area contributed by atoms with E-state index in [-0.39, 0.29) is 17.0 Å². The van der Waals surface area contributed by atoms with E-state index in [2.05, 4.69) is 4.98 Å². The Labute approximate surface area is 118 Å². The Balaban J connectivity index is 2.26. The molecule has 0 spiro atoms. The quantitative estimate of drug-likeness (QED) is 0.787. The van der Waals surface area contributed by atoms with Crippen LogP contribution in [0, 0.1) is 11.6 Å². The van der Waals surface area contributed by atoms with Crippen molar-refractivity contribution >= 4 is 17.0 Å². The van der Waals surface area contributed by atoms with Crippen LogP contribution in [-0.4, -0.2) is 20.6 Å². The number of hydrogen-bond donors (Lipinski definition) is 1. The summed E-state index contributed by atoms with van der Waals surface area (Å²) in [6.07, 6.45) is 0. The van der Waals surface area contributed by atoms with Gasteiger partial charge in [-0.3, -0.25) is 0 Å². The number of halogens is 2. The Morgan fingerprint density at radius 3 is 2.67 bits per heavy atom. The largest absolute Gasteiger partial charge is 0.478 e. The number of aryl methyl sites for hydroxylation is 1. The number of aromatic carboxylic acids is 1. The average Bonchev–Trinajstić information content (AvgIpc) is 2.78. The molecule has 21 heavy (non-hydrogen) atoms. The second-order valence-electron chi connectivity index (χ2n) is 4.63. The van der Waals surface area contributed by atoms with Gasteiger partial charge in [0.1, 0.15) is 17.5 Å². The van der Waals surface area contributed by atoms with Crippen molar-refractivity contribution in [2.45, 2.75) is 0 Å². The van der Waals surface area contributed by atoms with Gasteiger partial charge < -0.3 is 9.67 Å². The molecule has 0 unspecified atom stereocenters. The number of carboxylic acids is 1. The molecule has 1 N–H and O–H groups in total. The summed E-state index contributed by atoms with van der Waals surface area (Å²) in [5.74, 6) is -1.98. The van der Waals surface area contributed by atoms with Gasteiger partial charge in [-0.25, -0.2) is 18.6 Å². The molecule has 2 aromatic carbocycles. The molecule has 1 aromatic heterocycles. The van der Waals surface area contributed by atoms with Crippen molar-refractivity contribution in [2.24, 2.45) is 7.05 Å². The maximum absolute atomic E-state index is 13.9. The molecule has 0 fully saturated rings. The first kappa shape index (κ1) is 13.2. The lowest BCUT2D eigenvalue weighted by Gasteiger charge is -2.04. The van der Waals surface area contributed by atoms with Gasteiger partial charge in [0.2, 0.25) is 0 Å². The van der Waals surface area contributed by atoms with Crippen molar-refractivity contribution in [1.82, 2.24) is 9.55 Å². The van der Waals surface area contributed by atoms with Crippen LogP contribution in [-0.2, 0) is 7.05 Å². The zero-order chi connectivity index (χ0) is 15.1. The molecule has 0 bridgehead atoms. The summed E-state index contributed by atoms with van der Waals surface area (Å²) in [5.41, 5.74) is 1.17. The molecule has 0 amide bonds. The highest BCUT2D eigenvalue weighted by Crippen LogP contribution is 2.27. The number of fused-ring (bicyclic) bond motifs is 1. The molecular formula is C15H10F2N2O2. The minimum Gasteiger partial charge on any atom is -0.478 e.